The average molecular weight is 132 g/mol. The van der Waals surface area contributed by atoms with E-state index in [1.165, 1.54) is 0 Å². The van der Waals surface area contributed by atoms with E-state index in [0.717, 1.165) is 0 Å². The number of rotatable bonds is 4. The number of hydrogen-bond acceptors (Lipinski definition) is 4. The van der Waals surface area contributed by atoms with E-state index in [9.17, 15) is 14.9 Å². The van der Waals surface area contributed by atoms with Crippen LogP contribution in [0.4, 0.5) is 0 Å². The molecule has 0 heterocycles. The van der Waals surface area contributed by atoms with Gasteiger partial charge in [0.25, 0.3) is 0 Å². The average Bonchev–Trinajstić information content (AvgIpc) is 1.83. The van der Waals surface area contributed by atoms with Crippen molar-refractivity contribution in [3.8, 4) is 0 Å². The van der Waals surface area contributed by atoms with Gasteiger partial charge in [0.15, 0.2) is 5.78 Å². The molecule has 0 amide bonds. The molecule has 0 aromatic rings. The molecule has 9 heavy (non-hydrogen) atoms. The van der Waals surface area contributed by atoms with Gasteiger partial charge in [0.05, 0.1) is 13.0 Å². The van der Waals surface area contributed by atoms with Crippen molar-refractivity contribution in [1.82, 2.24) is 0 Å². The molecule has 0 spiro atoms. The molecule has 0 aliphatic heterocycles. The van der Waals surface area contributed by atoms with Gasteiger partial charge in [-0.1, -0.05) is 0 Å². The number of Topliss-reactive ketones (excluding diaryl/α,β-unsaturated/α-hetero) is 1. The summed E-state index contributed by atoms with van der Waals surface area (Å²) < 4.78 is 0. The molecule has 0 saturated carbocycles. The number of ketones is 1. The van der Waals surface area contributed by atoms with Crippen LogP contribution in [-0.2, 0) is 4.79 Å². The van der Waals surface area contributed by atoms with Gasteiger partial charge in [0, 0.05) is 4.92 Å². The second kappa shape index (κ2) is 3.96. The van der Waals surface area contributed by atoms with Gasteiger partial charge in [-0.15, -0.1) is 0 Å². The van der Waals surface area contributed by atoms with Gasteiger partial charge < -0.3 is 5.73 Å². The molecule has 0 aliphatic carbocycles. The van der Waals surface area contributed by atoms with Gasteiger partial charge in [-0.2, -0.15) is 0 Å². The van der Waals surface area contributed by atoms with Gasteiger partial charge in [0.2, 0.25) is 6.54 Å². The Bertz CT molecular complexity index is 123. The first-order valence-electron chi connectivity index (χ1n) is 2.50. The number of nitro groups is 1. The predicted molar refractivity (Wildman–Crippen MR) is 30.5 cm³/mol. The van der Waals surface area contributed by atoms with E-state index in [1.54, 1.807) is 0 Å². The van der Waals surface area contributed by atoms with Crippen molar-refractivity contribution in [1.29, 1.82) is 0 Å². The molecule has 0 unspecified atom stereocenters. The Morgan fingerprint density at radius 2 is 2.22 bits per heavy atom. The molecule has 5 nitrogen and oxygen atoms in total. The minimum atomic E-state index is -0.534. The van der Waals surface area contributed by atoms with Crippen LogP contribution in [0.25, 0.3) is 0 Å². The third kappa shape index (κ3) is 4.89. The number of hydrogen-bond donors (Lipinski definition) is 1. The van der Waals surface area contributed by atoms with Gasteiger partial charge in [-0.3, -0.25) is 14.9 Å². The highest BCUT2D eigenvalue weighted by Crippen LogP contribution is 1.80. The van der Waals surface area contributed by atoms with Crippen molar-refractivity contribution < 1.29 is 9.72 Å². The SMILES string of the molecule is NCC(=O)CC[N+](=O)[O-]. The lowest BCUT2D eigenvalue weighted by atomic mass is 10.3. The maximum absolute atomic E-state index is 10.3. The van der Waals surface area contributed by atoms with Crippen LogP contribution in [0.1, 0.15) is 6.42 Å². The summed E-state index contributed by atoms with van der Waals surface area (Å²) in [6, 6.07) is 0. The lowest BCUT2D eigenvalue weighted by molar-refractivity contribution is -0.478. The van der Waals surface area contributed by atoms with Crippen molar-refractivity contribution in [2.45, 2.75) is 6.42 Å². The number of nitrogens with two attached hydrogens (primary N) is 1. The molecule has 52 valence electrons. The topological polar surface area (TPSA) is 86.2 Å². The molecule has 5 heteroatoms. The fourth-order valence-corrected chi connectivity index (χ4v) is 0.318. The third-order valence-electron chi connectivity index (χ3n) is 0.801. The second-order valence-corrected chi connectivity index (χ2v) is 1.55. The van der Waals surface area contributed by atoms with Crippen LogP contribution in [0, 0.1) is 10.1 Å². The van der Waals surface area contributed by atoms with E-state index in [4.69, 9.17) is 5.73 Å². The molecular formula is C4H8N2O3. The van der Waals surface area contributed by atoms with Crippen molar-refractivity contribution >= 4 is 5.78 Å². The zero-order valence-electron chi connectivity index (χ0n) is 4.87. The molecule has 0 fully saturated rings. The van der Waals surface area contributed by atoms with E-state index in [0.29, 0.717) is 0 Å². The summed E-state index contributed by atoms with van der Waals surface area (Å²) in [4.78, 5) is 19.4. The summed E-state index contributed by atoms with van der Waals surface area (Å²) in [5, 5.41) is 9.63. The fraction of sp³-hybridized carbons (Fsp3) is 0.750. The Morgan fingerprint density at radius 1 is 1.67 bits per heavy atom. The monoisotopic (exact) mass is 132 g/mol. The van der Waals surface area contributed by atoms with Crippen LogP contribution in [0.15, 0.2) is 0 Å². The zero-order valence-corrected chi connectivity index (χ0v) is 4.87. The highest BCUT2D eigenvalue weighted by molar-refractivity contribution is 5.80. The molecule has 0 atom stereocenters. The normalized spacial score (nSPS) is 9.00. The minimum Gasteiger partial charge on any atom is -0.324 e. The van der Waals surface area contributed by atoms with Crippen LogP contribution in [0.5, 0.6) is 0 Å². The van der Waals surface area contributed by atoms with E-state index in [1.807, 2.05) is 0 Å². The molecule has 0 bridgehead atoms. The molecule has 0 rings (SSSR count). The summed E-state index contributed by atoms with van der Waals surface area (Å²) in [5.74, 6) is -0.272. The molecule has 0 radical (unpaired) electrons. The molecule has 0 aliphatic rings. The van der Waals surface area contributed by atoms with Crippen LogP contribution < -0.4 is 5.73 Å². The number of carbonyl (C=O) groups is 1. The summed E-state index contributed by atoms with van der Waals surface area (Å²) in [5.41, 5.74) is 4.89. The van der Waals surface area contributed by atoms with Gasteiger partial charge in [0.1, 0.15) is 0 Å². The summed E-state index contributed by atoms with van der Waals surface area (Å²) >= 11 is 0. The van der Waals surface area contributed by atoms with Crippen molar-refractivity contribution in [2.24, 2.45) is 5.73 Å². The van der Waals surface area contributed by atoms with Crippen LogP contribution in [0.2, 0.25) is 0 Å². The predicted octanol–water partition coefficient (Wildman–Crippen LogP) is -0.819. The Labute approximate surface area is 52.0 Å². The zero-order chi connectivity index (χ0) is 7.28. The Kier molecular flexibility index (Phi) is 3.54. The van der Waals surface area contributed by atoms with Gasteiger partial charge >= 0.3 is 0 Å². The summed E-state index contributed by atoms with van der Waals surface area (Å²) in [7, 11) is 0. The first-order valence-corrected chi connectivity index (χ1v) is 2.50. The quantitative estimate of drug-likeness (QED) is 0.400. The Balaban J connectivity index is 3.28. The number of carbonyl (C=O) groups excluding carboxylic acids is 1. The molecular weight excluding hydrogens is 124 g/mol. The van der Waals surface area contributed by atoms with Crippen LogP contribution in [-0.4, -0.2) is 23.8 Å². The first kappa shape index (κ1) is 8.03. The van der Waals surface area contributed by atoms with E-state index in [2.05, 4.69) is 0 Å². The fourth-order valence-electron chi connectivity index (χ4n) is 0.318. The smallest absolute Gasteiger partial charge is 0.210 e. The van der Waals surface area contributed by atoms with E-state index < -0.39 is 4.92 Å². The summed E-state index contributed by atoms with van der Waals surface area (Å²) in [6.07, 6.45) is -0.0521. The van der Waals surface area contributed by atoms with E-state index >= 15 is 0 Å². The maximum Gasteiger partial charge on any atom is 0.210 e. The van der Waals surface area contributed by atoms with Gasteiger partial charge in [-0.05, 0) is 0 Å². The lowest BCUT2D eigenvalue weighted by Crippen LogP contribution is -2.16. The summed E-state index contributed by atoms with van der Waals surface area (Å²) in [6.45, 7) is -0.413. The van der Waals surface area contributed by atoms with Crippen molar-refractivity contribution in [3.05, 3.63) is 10.1 Å². The van der Waals surface area contributed by atoms with Crippen LogP contribution >= 0.6 is 0 Å². The minimum absolute atomic E-state index is 0.0521. The molecule has 0 aromatic heterocycles. The molecule has 0 aromatic carbocycles. The van der Waals surface area contributed by atoms with Crippen molar-refractivity contribution in [3.63, 3.8) is 0 Å². The lowest BCUT2D eigenvalue weighted by Gasteiger charge is -1.89. The van der Waals surface area contributed by atoms with E-state index in [-0.39, 0.29) is 25.3 Å². The maximum atomic E-state index is 10.3. The Morgan fingerprint density at radius 3 is 2.56 bits per heavy atom. The number of nitrogens with zero attached hydrogens (tertiary/aromatic N) is 1. The highest BCUT2D eigenvalue weighted by atomic mass is 16.6. The second-order valence-electron chi connectivity index (χ2n) is 1.55. The standard InChI is InChI=1S/C4H8N2O3/c5-3-4(7)1-2-6(8)9/h1-3,5H2. The third-order valence-corrected chi connectivity index (χ3v) is 0.801. The first-order chi connectivity index (χ1) is 4.16. The largest absolute Gasteiger partial charge is 0.324 e. The van der Waals surface area contributed by atoms with Gasteiger partial charge in [-0.25, -0.2) is 0 Å². The molecule has 0 saturated heterocycles. The van der Waals surface area contributed by atoms with Crippen molar-refractivity contribution in [2.75, 3.05) is 13.1 Å². The highest BCUT2D eigenvalue weighted by Gasteiger charge is 2.02. The molecule has 2 N–H and O–H groups in total. The van der Waals surface area contributed by atoms with Crippen LogP contribution in [0.3, 0.4) is 0 Å². The Hall–Kier alpha value is -0.970.